The highest BCUT2D eigenvalue weighted by atomic mass is 35.5. The first-order valence-electron chi connectivity index (χ1n) is 7.12. The number of hydrogen-bond donors (Lipinski definition) is 0. The van der Waals surface area contributed by atoms with Crippen LogP contribution in [-0.4, -0.2) is 26.7 Å². The van der Waals surface area contributed by atoms with Gasteiger partial charge < -0.3 is 4.74 Å². The Morgan fingerprint density at radius 3 is 2.78 bits per heavy atom. The molecule has 0 saturated heterocycles. The van der Waals surface area contributed by atoms with Crippen LogP contribution in [0.3, 0.4) is 0 Å². The molecule has 6 heteroatoms. The number of para-hydroxylation sites is 1. The van der Waals surface area contributed by atoms with Crippen molar-refractivity contribution >= 4 is 28.3 Å². The first kappa shape index (κ1) is 14.0. The summed E-state index contributed by atoms with van der Waals surface area (Å²) in [6.07, 6.45) is 1.79. The van der Waals surface area contributed by atoms with Gasteiger partial charge in [-0.2, -0.15) is 9.61 Å². The SMILES string of the molecule is COc1ccccc1-c1cc2cnc3cc(C)nn3c2nc1Cl. The van der Waals surface area contributed by atoms with Crippen molar-refractivity contribution in [2.75, 3.05) is 7.11 Å². The number of benzene rings is 1. The smallest absolute Gasteiger partial charge is 0.166 e. The summed E-state index contributed by atoms with van der Waals surface area (Å²) in [5, 5.41) is 5.70. The average molecular weight is 325 g/mol. The Balaban J connectivity index is 2.02. The summed E-state index contributed by atoms with van der Waals surface area (Å²) in [6.45, 7) is 1.92. The molecule has 0 amide bonds. The van der Waals surface area contributed by atoms with E-state index in [0.29, 0.717) is 10.8 Å². The molecule has 0 atom stereocenters. The van der Waals surface area contributed by atoms with E-state index >= 15 is 0 Å². The monoisotopic (exact) mass is 324 g/mol. The fraction of sp³-hybridized carbons (Fsp3) is 0.118. The number of ether oxygens (including phenoxy) is 1. The van der Waals surface area contributed by atoms with Crippen LogP contribution < -0.4 is 4.74 Å². The van der Waals surface area contributed by atoms with Crippen molar-refractivity contribution < 1.29 is 4.74 Å². The molecule has 4 rings (SSSR count). The lowest BCUT2D eigenvalue weighted by atomic mass is 10.1. The lowest BCUT2D eigenvalue weighted by Crippen LogP contribution is -1.97. The molecule has 3 heterocycles. The molecule has 0 aliphatic heterocycles. The number of halogens is 1. The second kappa shape index (κ2) is 5.21. The number of methoxy groups -OCH3 is 1. The van der Waals surface area contributed by atoms with Crippen molar-refractivity contribution in [3.63, 3.8) is 0 Å². The highest BCUT2D eigenvalue weighted by Crippen LogP contribution is 2.35. The zero-order chi connectivity index (χ0) is 16.0. The number of pyridine rings is 1. The van der Waals surface area contributed by atoms with Gasteiger partial charge in [-0.15, -0.1) is 0 Å². The minimum Gasteiger partial charge on any atom is -0.496 e. The largest absolute Gasteiger partial charge is 0.496 e. The molecule has 5 nitrogen and oxygen atoms in total. The Bertz CT molecular complexity index is 1040. The molecular formula is C17H13ClN4O. The summed E-state index contributed by atoms with van der Waals surface area (Å²) >= 11 is 6.45. The van der Waals surface area contributed by atoms with E-state index in [9.17, 15) is 0 Å². The molecule has 0 aliphatic carbocycles. The van der Waals surface area contributed by atoms with Gasteiger partial charge >= 0.3 is 0 Å². The number of aromatic nitrogens is 4. The average Bonchev–Trinajstić information content (AvgIpc) is 2.95. The fourth-order valence-electron chi connectivity index (χ4n) is 2.69. The lowest BCUT2D eigenvalue weighted by molar-refractivity contribution is 0.416. The predicted octanol–water partition coefficient (Wildman–Crippen LogP) is 3.91. The van der Waals surface area contributed by atoms with Gasteiger partial charge in [0.05, 0.1) is 12.8 Å². The van der Waals surface area contributed by atoms with Crippen LogP contribution >= 0.6 is 11.6 Å². The number of rotatable bonds is 2. The van der Waals surface area contributed by atoms with Gasteiger partial charge in [-0.1, -0.05) is 29.8 Å². The molecule has 0 unspecified atom stereocenters. The molecular weight excluding hydrogens is 312 g/mol. The Labute approximate surface area is 137 Å². The van der Waals surface area contributed by atoms with Crippen LogP contribution in [0.25, 0.3) is 27.8 Å². The summed E-state index contributed by atoms with van der Waals surface area (Å²) in [7, 11) is 1.64. The zero-order valence-corrected chi connectivity index (χ0v) is 13.4. The van der Waals surface area contributed by atoms with E-state index in [4.69, 9.17) is 16.3 Å². The topological polar surface area (TPSA) is 52.3 Å². The van der Waals surface area contributed by atoms with Crippen molar-refractivity contribution in [2.45, 2.75) is 6.92 Å². The van der Waals surface area contributed by atoms with Crippen LogP contribution in [0.4, 0.5) is 0 Å². The maximum Gasteiger partial charge on any atom is 0.166 e. The van der Waals surface area contributed by atoms with Gasteiger partial charge in [-0.05, 0) is 19.1 Å². The first-order valence-corrected chi connectivity index (χ1v) is 7.50. The van der Waals surface area contributed by atoms with Crippen molar-refractivity contribution in [1.29, 1.82) is 0 Å². The molecule has 0 fully saturated rings. The zero-order valence-electron chi connectivity index (χ0n) is 12.6. The van der Waals surface area contributed by atoms with Gasteiger partial charge in [-0.3, -0.25) is 0 Å². The van der Waals surface area contributed by atoms with E-state index < -0.39 is 0 Å². The van der Waals surface area contributed by atoms with E-state index in [1.165, 1.54) is 0 Å². The van der Waals surface area contributed by atoms with Gasteiger partial charge in [0.1, 0.15) is 10.9 Å². The second-order valence-electron chi connectivity index (χ2n) is 5.25. The van der Waals surface area contributed by atoms with E-state index in [2.05, 4.69) is 15.1 Å². The van der Waals surface area contributed by atoms with Gasteiger partial charge in [0.25, 0.3) is 0 Å². The molecule has 0 aliphatic rings. The first-order chi connectivity index (χ1) is 11.2. The molecule has 23 heavy (non-hydrogen) atoms. The minimum absolute atomic E-state index is 0.405. The quantitative estimate of drug-likeness (QED) is 0.524. The van der Waals surface area contributed by atoms with Crippen LogP contribution in [-0.2, 0) is 0 Å². The van der Waals surface area contributed by atoms with Crippen LogP contribution in [0.1, 0.15) is 5.69 Å². The Hall–Kier alpha value is -2.66. The van der Waals surface area contributed by atoms with E-state index in [0.717, 1.165) is 33.6 Å². The lowest BCUT2D eigenvalue weighted by Gasteiger charge is -2.10. The Morgan fingerprint density at radius 1 is 1.13 bits per heavy atom. The molecule has 0 N–H and O–H groups in total. The van der Waals surface area contributed by atoms with Crippen LogP contribution in [0.2, 0.25) is 5.15 Å². The third-order valence-electron chi connectivity index (χ3n) is 3.73. The summed E-state index contributed by atoms with van der Waals surface area (Å²) in [4.78, 5) is 8.96. The highest BCUT2D eigenvalue weighted by Gasteiger charge is 2.14. The van der Waals surface area contributed by atoms with Crippen molar-refractivity contribution in [2.24, 2.45) is 0 Å². The number of nitrogens with zero attached hydrogens (tertiary/aromatic N) is 4. The number of fused-ring (bicyclic) bond motifs is 3. The van der Waals surface area contributed by atoms with Crippen molar-refractivity contribution in [1.82, 2.24) is 19.6 Å². The predicted molar refractivity (Wildman–Crippen MR) is 90.0 cm³/mol. The van der Waals surface area contributed by atoms with E-state index in [1.54, 1.807) is 17.8 Å². The van der Waals surface area contributed by atoms with Crippen LogP contribution in [0, 0.1) is 6.92 Å². The second-order valence-corrected chi connectivity index (χ2v) is 5.61. The highest BCUT2D eigenvalue weighted by molar-refractivity contribution is 6.32. The molecule has 0 bridgehead atoms. The van der Waals surface area contributed by atoms with Gasteiger partial charge in [-0.25, -0.2) is 9.97 Å². The maximum atomic E-state index is 6.45. The van der Waals surface area contributed by atoms with Gasteiger partial charge in [0.15, 0.2) is 11.3 Å². The minimum atomic E-state index is 0.405. The Morgan fingerprint density at radius 2 is 1.96 bits per heavy atom. The molecule has 0 spiro atoms. The van der Waals surface area contributed by atoms with Crippen molar-refractivity contribution in [3.05, 3.63) is 53.4 Å². The third-order valence-corrected chi connectivity index (χ3v) is 4.02. The molecule has 0 radical (unpaired) electrons. The summed E-state index contributed by atoms with van der Waals surface area (Å²) < 4.78 is 7.13. The normalized spacial score (nSPS) is 11.3. The van der Waals surface area contributed by atoms with E-state index in [1.807, 2.05) is 43.3 Å². The van der Waals surface area contributed by atoms with Crippen LogP contribution in [0.15, 0.2) is 42.6 Å². The molecule has 0 saturated carbocycles. The maximum absolute atomic E-state index is 6.45. The molecule has 4 aromatic rings. The summed E-state index contributed by atoms with van der Waals surface area (Å²) in [5.41, 5.74) is 4.03. The van der Waals surface area contributed by atoms with E-state index in [-0.39, 0.29) is 0 Å². The van der Waals surface area contributed by atoms with Crippen molar-refractivity contribution in [3.8, 4) is 16.9 Å². The third kappa shape index (κ3) is 2.21. The molecule has 1 aromatic carbocycles. The molecule has 3 aromatic heterocycles. The number of hydrogen-bond acceptors (Lipinski definition) is 4. The standard InChI is InChI=1S/C17H13ClN4O/c1-10-7-15-19-9-11-8-13(12-5-3-4-6-14(12)23-2)16(18)20-17(11)22(15)21-10/h3-9H,1-2H3. The van der Waals surface area contributed by atoms with Crippen LogP contribution in [0.5, 0.6) is 5.75 Å². The van der Waals surface area contributed by atoms with Gasteiger partial charge in [0.2, 0.25) is 0 Å². The Kier molecular flexibility index (Phi) is 3.16. The van der Waals surface area contributed by atoms with Gasteiger partial charge in [0, 0.05) is 28.8 Å². The summed E-state index contributed by atoms with van der Waals surface area (Å²) in [6, 6.07) is 11.6. The summed E-state index contributed by atoms with van der Waals surface area (Å²) in [5.74, 6) is 0.750. The number of aryl methyl sites for hydroxylation is 1. The molecule has 114 valence electrons. The fourth-order valence-corrected chi connectivity index (χ4v) is 2.92.